The van der Waals surface area contributed by atoms with Crippen LogP contribution in [-0.4, -0.2) is 122 Å². The average molecular weight is 736 g/mol. The zero-order valence-corrected chi connectivity index (χ0v) is 29.8. The SMILES string of the molecule is CC(C)(CCCCN(CCO)C(=O)O)CN(C[C@@H](O)[C@H](Cc1ccccc1)NC(=O)O[C@H]1CO[C@H]2OCC[C@H]21)S(=O)(=O)c1ccc2c(c1)OCO2. The van der Waals surface area contributed by atoms with Crippen LogP contribution in [0.3, 0.4) is 0 Å². The number of aliphatic hydroxyl groups is 2. The number of carbonyl (C=O) groups is 2. The third-order valence-corrected chi connectivity index (χ3v) is 11.3. The highest BCUT2D eigenvalue weighted by atomic mass is 32.2. The summed E-state index contributed by atoms with van der Waals surface area (Å²) in [4.78, 5) is 25.8. The van der Waals surface area contributed by atoms with Crippen LogP contribution in [0.2, 0.25) is 0 Å². The lowest BCUT2D eigenvalue weighted by Crippen LogP contribution is -2.52. The number of hydrogen-bond acceptors (Lipinski definition) is 11. The number of alkyl carbamates (subject to hydrolysis) is 1. The van der Waals surface area contributed by atoms with Crippen molar-refractivity contribution in [3.63, 3.8) is 0 Å². The molecule has 0 unspecified atom stereocenters. The minimum absolute atomic E-state index is 0.00506. The molecule has 2 aromatic rings. The summed E-state index contributed by atoms with van der Waals surface area (Å²) < 4.78 is 57.6. The van der Waals surface area contributed by atoms with Gasteiger partial charge in [0.25, 0.3) is 0 Å². The molecule has 2 amide bonds. The summed E-state index contributed by atoms with van der Waals surface area (Å²) in [5.41, 5.74) is 0.204. The first-order valence-electron chi connectivity index (χ1n) is 17.3. The number of ether oxygens (including phenoxy) is 5. The third kappa shape index (κ3) is 10.2. The van der Waals surface area contributed by atoms with Crippen LogP contribution >= 0.6 is 0 Å². The summed E-state index contributed by atoms with van der Waals surface area (Å²) in [5, 5.41) is 33.2. The fourth-order valence-electron chi connectivity index (χ4n) is 6.68. The standard InChI is InChI=1S/C35H49N3O12S/c1-35(2,13-6-7-14-37(15-16-39)34(42)43)22-38(51(44,45)25-10-11-29-30(19-25)49-23-48-29)20-28(40)27(18-24-8-4-3-5-9-24)36-33(41)50-31-21-47-32-26(31)12-17-46-32/h3-5,8-11,19,26-28,31-32,39-40H,6-7,12-18,20-23H2,1-2H3,(H,36,41)(H,42,43)/t26-,27-,28+,31-,32+/m0/s1. The number of aliphatic hydroxyl groups excluding tert-OH is 2. The molecule has 0 aromatic heterocycles. The van der Waals surface area contributed by atoms with Crippen LogP contribution in [0.5, 0.6) is 11.5 Å². The summed E-state index contributed by atoms with van der Waals surface area (Å²) in [6, 6.07) is 12.7. The van der Waals surface area contributed by atoms with E-state index in [2.05, 4.69) is 5.32 Å². The molecule has 51 heavy (non-hydrogen) atoms. The van der Waals surface area contributed by atoms with Crippen LogP contribution in [0.1, 0.15) is 45.1 Å². The van der Waals surface area contributed by atoms with E-state index in [4.69, 9.17) is 23.7 Å². The molecule has 2 saturated heterocycles. The topological polar surface area (TPSA) is 194 Å². The van der Waals surface area contributed by atoms with E-state index in [1.807, 2.05) is 44.2 Å². The highest BCUT2D eigenvalue weighted by molar-refractivity contribution is 7.89. The maximum atomic E-state index is 14.3. The first kappa shape index (κ1) is 38.6. The zero-order chi connectivity index (χ0) is 36.6. The molecule has 3 aliphatic rings. The molecule has 0 radical (unpaired) electrons. The van der Waals surface area contributed by atoms with E-state index < -0.39 is 52.2 Å². The van der Waals surface area contributed by atoms with Crippen LogP contribution in [0.25, 0.3) is 0 Å². The van der Waals surface area contributed by atoms with E-state index in [1.165, 1.54) is 22.5 Å². The van der Waals surface area contributed by atoms with E-state index in [0.29, 0.717) is 43.8 Å². The van der Waals surface area contributed by atoms with Crippen LogP contribution in [0.4, 0.5) is 9.59 Å². The molecule has 15 nitrogen and oxygen atoms in total. The smallest absolute Gasteiger partial charge is 0.407 e. The van der Waals surface area contributed by atoms with Gasteiger partial charge in [-0.3, -0.25) is 0 Å². The molecule has 2 aromatic carbocycles. The van der Waals surface area contributed by atoms with Crippen molar-refractivity contribution in [3.05, 3.63) is 54.1 Å². The van der Waals surface area contributed by atoms with Crippen molar-refractivity contribution in [2.24, 2.45) is 11.3 Å². The maximum Gasteiger partial charge on any atom is 0.407 e. The molecule has 5 rings (SSSR count). The normalized spacial score (nSPS) is 20.9. The maximum absolute atomic E-state index is 14.3. The monoisotopic (exact) mass is 735 g/mol. The highest BCUT2D eigenvalue weighted by Crippen LogP contribution is 2.36. The number of rotatable bonds is 18. The number of unbranched alkanes of at least 4 members (excludes halogenated alkanes) is 1. The van der Waals surface area contributed by atoms with E-state index in [0.717, 1.165) is 10.5 Å². The molecule has 0 bridgehead atoms. The van der Waals surface area contributed by atoms with E-state index in [-0.39, 0.29) is 63.4 Å². The minimum Gasteiger partial charge on any atom is -0.465 e. The Bertz CT molecular complexity index is 1580. The Morgan fingerprint density at radius 2 is 1.82 bits per heavy atom. The van der Waals surface area contributed by atoms with Crippen molar-refractivity contribution >= 4 is 22.2 Å². The summed E-state index contributed by atoms with van der Waals surface area (Å²) in [7, 11) is -4.23. The number of nitrogens with zero attached hydrogens (tertiary/aromatic N) is 2. The van der Waals surface area contributed by atoms with Gasteiger partial charge in [0.2, 0.25) is 16.8 Å². The van der Waals surface area contributed by atoms with Gasteiger partial charge < -0.3 is 49.2 Å². The Hall–Kier alpha value is -3.67. The van der Waals surface area contributed by atoms with Gasteiger partial charge in [-0.1, -0.05) is 50.6 Å². The largest absolute Gasteiger partial charge is 0.465 e. The van der Waals surface area contributed by atoms with Gasteiger partial charge in [0.1, 0.15) is 6.10 Å². The summed E-state index contributed by atoms with van der Waals surface area (Å²) >= 11 is 0. The van der Waals surface area contributed by atoms with Gasteiger partial charge in [0, 0.05) is 32.2 Å². The molecular weight excluding hydrogens is 686 g/mol. The van der Waals surface area contributed by atoms with Crippen LogP contribution in [-0.2, 0) is 30.7 Å². The lowest BCUT2D eigenvalue weighted by Gasteiger charge is -2.35. The molecule has 282 valence electrons. The van der Waals surface area contributed by atoms with Gasteiger partial charge in [-0.25, -0.2) is 18.0 Å². The molecule has 3 aliphatic heterocycles. The molecule has 0 aliphatic carbocycles. The van der Waals surface area contributed by atoms with E-state index >= 15 is 0 Å². The predicted molar refractivity (Wildman–Crippen MR) is 183 cm³/mol. The predicted octanol–water partition coefficient (Wildman–Crippen LogP) is 3.03. The Morgan fingerprint density at radius 3 is 2.57 bits per heavy atom. The van der Waals surface area contributed by atoms with Crippen molar-refractivity contribution in [1.29, 1.82) is 0 Å². The number of sulfonamides is 1. The lowest BCUT2D eigenvalue weighted by molar-refractivity contribution is -0.0907. The Morgan fingerprint density at radius 1 is 1.06 bits per heavy atom. The number of fused-ring (bicyclic) bond motifs is 2. The average Bonchev–Trinajstić information content (AvgIpc) is 3.84. The van der Waals surface area contributed by atoms with Gasteiger partial charge >= 0.3 is 12.2 Å². The quantitative estimate of drug-likeness (QED) is 0.164. The van der Waals surface area contributed by atoms with Crippen LogP contribution in [0.15, 0.2) is 53.4 Å². The Kier molecular flexibility index (Phi) is 13.0. The summed E-state index contributed by atoms with van der Waals surface area (Å²) in [5.74, 6) is 0.629. The van der Waals surface area contributed by atoms with Crippen molar-refractivity contribution in [1.82, 2.24) is 14.5 Å². The Labute approximate surface area is 298 Å². The van der Waals surface area contributed by atoms with Crippen molar-refractivity contribution in [2.75, 3.05) is 52.8 Å². The number of amides is 2. The second-order valence-electron chi connectivity index (χ2n) is 13.9. The first-order chi connectivity index (χ1) is 24.4. The molecule has 16 heteroatoms. The molecule has 3 heterocycles. The number of carbonyl (C=O) groups excluding carboxylic acids is 1. The van der Waals surface area contributed by atoms with Crippen LogP contribution in [0, 0.1) is 11.3 Å². The minimum atomic E-state index is -4.23. The zero-order valence-electron chi connectivity index (χ0n) is 29.0. The van der Waals surface area contributed by atoms with Gasteiger partial charge in [0.15, 0.2) is 17.8 Å². The molecular formula is C35H49N3O12S. The number of carboxylic acid groups (broad SMARTS) is 1. The van der Waals surface area contributed by atoms with E-state index in [1.54, 1.807) is 0 Å². The van der Waals surface area contributed by atoms with Crippen molar-refractivity contribution in [3.8, 4) is 11.5 Å². The molecule has 4 N–H and O–H groups in total. The van der Waals surface area contributed by atoms with Crippen LogP contribution < -0.4 is 14.8 Å². The number of nitrogens with one attached hydrogen (secondary N) is 1. The molecule has 0 spiro atoms. The number of hydrogen-bond donors (Lipinski definition) is 4. The molecule has 0 saturated carbocycles. The second kappa shape index (κ2) is 17.2. The Balaban J connectivity index is 1.34. The molecule has 5 atom stereocenters. The van der Waals surface area contributed by atoms with E-state index in [9.17, 15) is 33.3 Å². The second-order valence-corrected chi connectivity index (χ2v) is 15.8. The highest BCUT2D eigenvalue weighted by Gasteiger charge is 2.44. The third-order valence-electron chi connectivity index (χ3n) is 9.46. The summed E-state index contributed by atoms with van der Waals surface area (Å²) in [6.07, 6.45) is -1.62. The summed E-state index contributed by atoms with van der Waals surface area (Å²) in [6.45, 7) is 4.10. The van der Waals surface area contributed by atoms with Gasteiger partial charge in [-0.05, 0) is 48.8 Å². The molecule has 2 fully saturated rings. The first-order valence-corrected chi connectivity index (χ1v) is 18.7. The van der Waals surface area contributed by atoms with Gasteiger partial charge in [0.05, 0.1) is 42.8 Å². The lowest BCUT2D eigenvalue weighted by atomic mass is 9.87. The van der Waals surface area contributed by atoms with Crippen molar-refractivity contribution in [2.45, 2.75) is 75.4 Å². The van der Waals surface area contributed by atoms with Gasteiger partial charge in [-0.15, -0.1) is 0 Å². The fourth-order valence-corrected chi connectivity index (χ4v) is 8.34. The van der Waals surface area contributed by atoms with Crippen molar-refractivity contribution < 1.29 is 57.0 Å². The fraction of sp³-hybridized carbons (Fsp3) is 0.600. The van der Waals surface area contributed by atoms with Gasteiger partial charge in [-0.2, -0.15) is 4.31 Å². The number of benzene rings is 2.